The van der Waals surface area contributed by atoms with Crippen molar-refractivity contribution in [3.05, 3.63) is 39.6 Å². The number of benzene rings is 2. The van der Waals surface area contributed by atoms with Crippen molar-refractivity contribution >= 4 is 29.3 Å². The Bertz CT molecular complexity index is 999. The van der Waals surface area contributed by atoms with Gasteiger partial charge in [0.1, 0.15) is 29.7 Å². The van der Waals surface area contributed by atoms with Crippen molar-refractivity contribution < 1.29 is 28.9 Å². The van der Waals surface area contributed by atoms with Gasteiger partial charge in [0.15, 0.2) is 0 Å². The molecule has 2 aliphatic heterocycles. The van der Waals surface area contributed by atoms with Gasteiger partial charge in [-0.05, 0) is 12.1 Å². The third-order valence-corrected chi connectivity index (χ3v) is 6.21. The Balaban J connectivity index is 1.83. The van der Waals surface area contributed by atoms with Crippen LogP contribution < -0.4 is 9.47 Å². The number of hydrogen-bond acceptors (Lipinski definition) is 5. The average Bonchev–Trinajstić information content (AvgIpc) is 2.89. The SMILES string of the molecule is COc1c(Cl)c(-c2c(O)cccc2F)c(Cl)c2c1CN1CCN(C(=O)O)C[C@@H]1CO2. The summed E-state index contributed by atoms with van der Waals surface area (Å²) in [6.45, 7) is 1.72. The number of hydrogen-bond donors (Lipinski definition) is 2. The van der Waals surface area contributed by atoms with Gasteiger partial charge in [0.25, 0.3) is 0 Å². The zero-order valence-electron chi connectivity index (χ0n) is 16.0. The van der Waals surface area contributed by atoms with Crippen LogP contribution in [0.2, 0.25) is 10.0 Å². The molecule has 4 rings (SSSR count). The van der Waals surface area contributed by atoms with Gasteiger partial charge in [0.05, 0.1) is 34.3 Å². The lowest BCUT2D eigenvalue weighted by Gasteiger charge is -2.38. The van der Waals surface area contributed by atoms with E-state index in [-0.39, 0.29) is 57.6 Å². The summed E-state index contributed by atoms with van der Waals surface area (Å²) in [5, 5.41) is 19.7. The van der Waals surface area contributed by atoms with E-state index in [0.29, 0.717) is 25.2 Å². The van der Waals surface area contributed by atoms with Crippen LogP contribution >= 0.6 is 23.2 Å². The first-order valence-corrected chi connectivity index (χ1v) is 9.99. The largest absolute Gasteiger partial charge is 0.507 e. The van der Waals surface area contributed by atoms with Gasteiger partial charge in [0.2, 0.25) is 0 Å². The summed E-state index contributed by atoms with van der Waals surface area (Å²) in [5.74, 6) is -0.449. The van der Waals surface area contributed by atoms with E-state index in [2.05, 4.69) is 4.90 Å². The molecular formula is C20H19Cl2FN2O5. The number of halogens is 3. The van der Waals surface area contributed by atoms with E-state index >= 15 is 0 Å². The van der Waals surface area contributed by atoms with Gasteiger partial charge in [-0.15, -0.1) is 0 Å². The summed E-state index contributed by atoms with van der Waals surface area (Å²) in [6.07, 6.45) is -0.979. The quantitative estimate of drug-likeness (QED) is 0.708. The third kappa shape index (κ3) is 3.38. The van der Waals surface area contributed by atoms with Crippen molar-refractivity contribution in [2.75, 3.05) is 33.4 Å². The maximum Gasteiger partial charge on any atom is 0.407 e. The number of amides is 1. The Morgan fingerprint density at radius 2 is 2.03 bits per heavy atom. The van der Waals surface area contributed by atoms with Crippen molar-refractivity contribution in [3.8, 4) is 28.4 Å². The highest BCUT2D eigenvalue weighted by atomic mass is 35.5. The Morgan fingerprint density at radius 1 is 1.27 bits per heavy atom. The topological polar surface area (TPSA) is 82.5 Å². The minimum absolute atomic E-state index is 0.0612. The molecule has 2 heterocycles. The number of carboxylic acid groups (broad SMARTS) is 1. The van der Waals surface area contributed by atoms with Gasteiger partial charge in [-0.2, -0.15) is 0 Å². The molecule has 1 saturated heterocycles. The van der Waals surface area contributed by atoms with Gasteiger partial charge < -0.3 is 24.6 Å². The molecule has 1 fully saturated rings. The van der Waals surface area contributed by atoms with Crippen molar-refractivity contribution in [2.45, 2.75) is 12.6 Å². The molecule has 2 aromatic carbocycles. The maximum atomic E-state index is 14.6. The van der Waals surface area contributed by atoms with E-state index in [0.717, 1.165) is 0 Å². The highest BCUT2D eigenvalue weighted by Crippen LogP contribution is 2.52. The minimum Gasteiger partial charge on any atom is -0.507 e. The van der Waals surface area contributed by atoms with Gasteiger partial charge in [-0.1, -0.05) is 29.3 Å². The lowest BCUT2D eigenvalue weighted by Crippen LogP contribution is -2.55. The van der Waals surface area contributed by atoms with Crippen LogP contribution in [0.3, 0.4) is 0 Å². The molecule has 7 nitrogen and oxygen atoms in total. The predicted molar refractivity (Wildman–Crippen MR) is 109 cm³/mol. The zero-order chi connectivity index (χ0) is 21.6. The molecule has 2 aliphatic rings. The van der Waals surface area contributed by atoms with Crippen LogP contribution in [0.15, 0.2) is 18.2 Å². The molecule has 0 radical (unpaired) electrons. The molecule has 1 amide bonds. The predicted octanol–water partition coefficient (Wildman–Crippen LogP) is 4.07. The van der Waals surface area contributed by atoms with Crippen LogP contribution in [-0.2, 0) is 6.54 Å². The molecule has 160 valence electrons. The van der Waals surface area contributed by atoms with Crippen molar-refractivity contribution in [1.29, 1.82) is 0 Å². The van der Waals surface area contributed by atoms with Crippen LogP contribution in [0.25, 0.3) is 11.1 Å². The summed E-state index contributed by atoms with van der Waals surface area (Å²) in [5.41, 5.74) is 0.533. The Hall–Kier alpha value is -2.42. The smallest absolute Gasteiger partial charge is 0.407 e. The van der Waals surface area contributed by atoms with Gasteiger partial charge in [-0.25, -0.2) is 9.18 Å². The fourth-order valence-corrected chi connectivity index (χ4v) is 4.78. The van der Waals surface area contributed by atoms with Crippen molar-refractivity contribution in [3.63, 3.8) is 0 Å². The Labute approximate surface area is 182 Å². The van der Waals surface area contributed by atoms with E-state index in [1.165, 1.54) is 30.2 Å². The summed E-state index contributed by atoms with van der Waals surface area (Å²) < 4.78 is 26.1. The van der Waals surface area contributed by atoms with E-state index in [1.54, 1.807) is 0 Å². The van der Waals surface area contributed by atoms with Gasteiger partial charge in [-0.3, -0.25) is 4.90 Å². The number of piperazine rings is 1. The molecule has 0 bridgehead atoms. The molecule has 2 N–H and O–H groups in total. The second kappa shape index (κ2) is 8.02. The number of phenolic OH excluding ortho intramolecular Hbond substituents is 1. The molecule has 0 aromatic heterocycles. The van der Waals surface area contributed by atoms with Crippen LogP contribution in [-0.4, -0.2) is 65.5 Å². The van der Waals surface area contributed by atoms with Crippen molar-refractivity contribution in [1.82, 2.24) is 9.80 Å². The van der Waals surface area contributed by atoms with Crippen LogP contribution in [0.1, 0.15) is 5.56 Å². The first-order chi connectivity index (χ1) is 14.3. The third-order valence-electron chi connectivity index (χ3n) is 5.49. The highest BCUT2D eigenvalue weighted by molar-refractivity contribution is 6.41. The lowest BCUT2D eigenvalue weighted by atomic mass is 9.99. The number of methoxy groups -OCH3 is 1. The molecule has 1 atom stereocenters. The number of ether oxygens (including phenoxy) is 2. The fraction of sp³-hybridized carbons (Fsp3) is 0.350. The second-order valence-electron chi connectivity index (χ2n) is 7.14. The maximum absolute atomic E-state index is 14.6. The van der Waals surface area contributed by atoms with Gasteiger partial charge >= 0.3 is 6.09 Å². The number of nitrogens with zero attached hydrogens (tertiary/aromatic N) is 2. The first kappa shape index (κ1) is 20.8. The van der Waals surface area contributed by atoms with Crippen LogP contribution in [0.5, 0.6) is 17.2 Å². The zero-order valence-corrected chi connectivity index (χ0v) is 17.5. The van der Waals surface area contributed by atoms with Crippen LogP contribution in [0, 0.1) is 5.82 Å². The summed E-state index contributed by atoms with van der Waals surface area (Å²) >= 11 is 13.2. The van der Waals surface area contributed by atoms with Crippen molar-refractivity contribution in [2.24, 2.45) is 0 Å². The molecule has 10 heteroatoms. The standard InChI is InChI=1S/C20H19Cl2FN2O5/c1-29-18-11-8-24-5-6-25(20(27)28)7-10(24)9-30-19(11)17(22)15(16(18)21)14-12(23)3-2-4-13(14)26/h2-4,10,26H,5-9H2,1H3,(H,27,28)/t10-/m1/s1. The number of aromatic hydroxyl groups is 1. The monoisotopic (exact) mass is 456 g/mol. The van der Waals surface area contributed by atoms with E-state index in [9.17, 15) is 19.4 Å². The number of carbonyl (C=O) groups is 1. The van der Waals surface area contributed by atoms with Crippen LogP contribution in [0.4, 0.5) is 9.18 Å². The molecule has 0 saturated carbocycles. The molecule has 2 aromatic rings. The number of fused-ring (bicyclic) bond motifs is 2. The number of phenols is 1. The summed E-state index contributed by atoms with van der Waals surface area (Å²) in [6, 6.07) is 3.72. The highest BCUT2D eigenvalue weighted by Gasteiger charge is 2.36. The lowest BCUT2D eigenvalue weighted by molar-refractivity contribution is 0.0501. The second-order valence-corrected chi connectivity index (χ2v) is 7.90. The molecule has 0 spiro atoms. The van der Waals surface area contributed by atoms with E-state index < -0.39 is 11.9 Å². The number of rotatable bonds is 2. The average molecular weight is 457 g/mol. The van der Waals surface area contributed by atoms with E-state index in [1.807, 2.05) is 0 Å². The minimum atomic E-state index is -0.979. The fourth-order valence-electron chi connectivity index (χ4n) is 3.99. The van der Waals surface area contributed by atoms with E-state index in [4.69, 9.17) is 32.7 Å². The Kier molecular flexibility index (Phi) is 5.57. The Morgan fingerprint density at radius 3 is 2.70 bits per heavy atom. The molecular weight excluding hydrogens is 438 g/mol. The molecule has 0 aliphatic carbocycles. The first-order valence-electron chi connectivity index (χ1n) is 9.23. The summed E-state index contributed by atoms with van der Waals surface area (Å²) in [4.78, 5) is 14.8. The van der Waals surface area contributed by atoms with Gasteiger partial charge in [0, 0.05) is 31.7 Å². The normalized spacial score (nSPS) is 18.8. The molecule has 30 heavy (non-hydrogen) atoms. The summed E-state index contributed by atoms with van der Waals surface area (Å²) in [7, 11) is 1.44. The molecule has 0 unspecified atom stereocenters.